The van der Waals surface area contributed by atoms with Crippen LogP contribution in [0.3, 0.4) is 0 Å². The van der Waals surface area contributed by atoms with Crippen LogP contribution in [0.1, 0.15) is 32.2 Å². The first-order valence-corrected chi connectivity index (χ1v) is 11.4. The molecule has 1 atom stereocenters. The maximum atomic E-state index is 10.8. The average Bonchev–Trinajstić information content (AvgIpc) is 3.01. The van der Waals surface area contributed by atoms with Gasteiger partial charge in [0.05, 0.1) is 42.5 Å². The van der Waals surface area contributed by atoms with Gasteiger partial charge < -0.3 is 9.88 Å². The lowest BCUT2D eigenvalue weighted by Gasteiger charge is -2.29. The summed E-state index contributed by atoms with van der Waals surface area (Å²) in [4.78, 5) is 20.3. The largest absolute Gasteiger partial charge is 0.363 e. The highest BCUT2D eigenvalue weighted by atomic mass is 127. The summed E-state index contributed by atoms with van der Waals surface area (Å²) in [5, 5.41) is 4.79. The van der Waals surface area contributed by atoms with E-state index in [1.807, 2.05) is 20.8 Å². The smallest absolute Gasteiger partial charge is 0.233 e. The van der Waals surface area contributed by atoms with Gasteiger partial charge in [-0.3, -0.25) is 4.79 Å². The molecule has 1 amide bonds. The summed E-state index contributed by atoms with van der Waals surface area (Å²) in [7, 11) is 0. The van der Waals surface area contributed by atoms with Gasteiger partial charge in [0.1, 0.15) is 0 Å². The van der Waals surface area contributed by atoms with Crippen molar-refractivity contribution in [2.24, 2.45) is 5.10 Å². The number of nitrogens with zero attached hydrogens (tertiary/aromatic N) is 4. The molecule has 6 nitrogen and oxygen atoms in total. The van der Waals surface area contributed by atoms with Gasteiger partial charge >= 0.3 is 0 Å². The standard InChI is InChI=1S/C11H14ClIN5OP.C2H6/c1-8(12)11(4-16-18(7-19)20-13)17-3-2-9-10(5-17)15-6-14-9;1-2/h4,6-7,20H,2-3,5H2,1H3,(H,14,15);1-2H3/b11-8-,16-4-;. The second-order valence-corrected chi connectivity index (χ2v) is 6.84. The number of hydrogen-bond acceptors (Lipinski definition) is 4. The molecule has 9 heteroatoms. The molecule has 0 radical (unpaired) electrons. The molecule has 1 aromatic rings. The normalized spacial score (nSPS) is 15.4. The van der Waals surface area contributed by atoms with Gasteiger partial charge in [0, 0.05) is 18.0 Å². The van der Waals surface area contributed by atoms with Crippen LogP contribution >= 0.6 is 40.0 Å². The highest BCUT2D eigenvalue weighted by Gasteiger charge is 2.20. The van der Waals surface area contributed by atoms with Crippen LogP contribution in [0, 0.1) is 0 Å². The maximum Gasteiger partial charge on any atom is 0.233 e. The van der Waals surface area contributed by atoms with E-state index in [4.69, 9.17) is 11.6 Å². The van der Waals surface area contributed by atoms with Crippen molar-refractivity contribution in [3.63, 3.8) is 0 Å². The lowest BCUT2D eigenvalue weighted by Crippen LogP contribution is -2.31. The fourth-order valence-electron chi connectivity index (χ4n) is 1.99. The second kappa shape index (κ2) is 10.2. The number of rotatable bonds is 5. The molecule has 1 N–H and O–H groups in total. The van der Waals surface area contributed by atoms with E-state index in [2.05, 4.69) is 42.0 Å². The number of aromatic amines is 1. The Morgan fingerprint density at radius 3 is 2.95 bits per heavy atom. The van der Waals surface area contributed by atoms with E-state index in [1.165, 1.54) is 4.78 Å². The van der Waals surface area contributed by atoms with E-state index >= 15 is 0 Å². The molecule has 0 fully saturated rings. The number of nitrogens with one attached hydrogen (secondary N) is 1. The maximum absolute atomic E-state index is 10.8. The molecule has 1 aliphatic rings. The number of carbonyl (C=O) groups excluding carboxylic acids is 1. The van der Waals surface area contributed by atoms with Crippen molar-refractivity contribution in [2.75, 3.05) is 6.54 Å². The molecule has 2 heterocycles. The zero-order valence-electron chi connectivity index (χ0n) is 12.8. The zero-order valence-corrected chi connectivity index (χ0v) is 16.7. The quantitative estimate of drug-likeness (QED) is 0.242. The minimum atomic E-state index is 0.264. The molecule has 122 valence electrons. The SMILES string of the molecule is C/C(Cl)=C(\C=N/N(C=O)PI)N1CCc2nc[nH]c2C1.CC. The Labute approximate surface area is 150 Å². The third-order valence-electron chi connectivity index (χ3n) is 2.96. The average molecular weight is 456 g/mol. The Bertz CT molecular complexity index is 544. The van der Waals surface area contributed by atoms with Crippen LogP contribution in [0.25, 0.3) is 0 Å². The number of halogens is 2. The van der Waals surface area contributed by atoms with E-state index in [1.54, 1.807) is 12.5 Å². The van der Waals surface area contributed by atoms with Crippen LogP contribution in [-0.2, 0) is 17.8 Å². The summed E-state index contributed by atoms with van der Waals surface area (Å²) in [5.74, 6) is 0. The first-order chi connectivity index (χ1) is 10.7. The summed E-state index contributed by atoms with van der Waals surface area (Å²) in [6.45, 7) is 7.37. The van der Waals surface area contributed by atoms with Crippen LogP contribution in [0.4, 0.5) is 0 Å². The van der Waals surface area contributed by atoms with Gasteiger partial charge in [-0.05, 0) is 29.0 Å². The fraction of sp³-hybridized carbons (Fsp3) is 0.462. The number of hydrazone groups is 1. The summed E-state index contributed by atoms with van der Waals surface area (Å²) in [5.41, 5.74) is 3.03. The van der Waals surface area contributed by atoms with Gasteiger partial charge in [0.25, 0.3) is 0 Å². The van der Waals surface area contributed by atoms with Crippen molar-refractivity contribution in [3.8, 4) is 0 Å². The number of H-pyrrole nitrogens is 1. The van der Waals surface area contributed by atoms with Gasteiger partial charge in [-0.1, -0.05) is 25.4 Å². The van der Waals surface area contributed by atoms with E-state index in [-0.39, 0.29) is 6.37 Å². The molecule has 1 aliphatic heterocycles. The highest BCUT2D eigenvalue weighted by Crippen LogP contribution is 2.26. The summed E-state index contributed by atoms with van der Waals surface area (Å²) in [6.07, 6.45) is 5.19. The van der Waals surface area contributed by atoms with Gasteiger partial charge in [0.15, 0.2) is 0 Å². The fourth-order valence-corrected chi connectivity index (χ4v) is 3.02. The van der Waals surface area contributed by atoms with Crippen molar-refractivity contribution < 1.29 is 4.79 Å². The number of allylic oxidation sites excluding steroid dienone is 2. The minimum absolute atomic E-state index is 0.264. The van der Waals surface area contributed by atoms with E-state index in [9.17, 15) is 4.79 Å². The molecule has 0 aromatic carbocycles. The van der Waals surface area contributed by atoms with Crippen LogP contribution < -0.4 is 0 Å². The molecule has 1 aromatic heterocycles. The molecular formula is C13H20ClIN5OP. The first kappa shape index (κ1) is 19.4. The van der Waals surface area contributed by atoms with E-state index in [0.29, 0.717) is 18.0 Å². The third kappa shape index (κ3) is 5.21. The van der Waals surface area contributed by atoms with Crippen LogP contribution in [0.2, 0.25) is 0 Å². The predicted molar refractivity (Wildman–Crippen MR) is 101 cm³/mol. The Balaban J connectivity index is 0.00000116. The summed E-state index contributed by atoms with van der Waals surface area (Å²) < 4.78 is 1.34. The van der Waals surface area contributed by atoms with Crippen LogP contribution in [-0.4, -0.2) is 38.8 Å². The Morgan fingerprint density at radius 2 is 2.36 bits per heavy atom. The minimum Gasteiger partial charge on any atom is -0.363 e. The van der Waals surface area contributed by atoms with Crippen LogP contribution in [0.15, 0.2) is 22.2 Å². The molecule has 0 aliphatic carbocycles. The zero-order chi connectivity index (χ0) is 16.5. The number of hydrogen-bond donors (Lipinski definition) is 1. The van der Waals surface area contributed by atoms with Crippen molar-refractivity contribution >= 4 is 52.6 Å². The predicted octanol–water partition coefficient (Wildman–Crippen LogP) is 3.65. The lowest BCUT2D eigenvalue weighted by atomic mass is 10.1. The van der Waals surface area contributed by atoms with Crippen molar-refractivity contribution in [1.29, 1.82) is 0 Å². The third-order valence-corrected chi connectivity index (χ3v) is 5.03. The number of amides is 1. The Hall–Kier alpha value is -0.660. The van der Waals surface area contributed by atoms with Crippen molar-refractivity contribution in [3.05, 3.63) is 28.4 Å². The monoisotopic (exact) mass is 455 g/mol. The molecule has 0 bridgehead atoms. The first-order valence-electron chi connectivity index (χ1n) is 6.93. The molecule has 0 spiro atoms. The van der Waals surface area contributed by atoms with Gasteiger partial charge in [0.2, 0.25) is 6.41 Å². The Morgan fingerprint density at radius 1 is 1.64 bits per heavy atom. The van der Waals surface area contributed by atoms with Crippen molar-refractivity contribution in [2.45, 2.75) is 33.7 Å². The van der Waals surface area contributed by atoms with Gasteiger partial charge in [-0.15, -0.1) is 0 Å². The number of imidazole rings is 1. The molecule has 2 rings (SSSR count). The molecular weight excluding hydrogens is 436 g/mol. The Kier molecular flexibility index (Phi) is 8.97. The van der Waals surface area contributed by atoms with Crippen LogP contribution in [0.5, 0.6) is 0 Å². The number of carbonyl (C=O) groups is 1. The molecule has 22 heavy (non-hydrogen) atoms. The highest BCUT2D eigenvalue weighted by molar-refractivity contribution is 14.2. The van der Waals surface area contributed by atoms with E-state index < -0.39 is 0 Å². The van der Waals surface area contributed by atoms with Gasteiger partial charge in [-0.25, -0.2) is 9.76 Å². The molecule has 1 unspecified atom stereocenters. The lowest BCUT2D eigenvalue weighted by molar-refractivity contribution is -0.113. The number of aromatic nitrogens is 2. The number of fused-ring (bicyclic) bond motifs is 1. The van der Waals surface area contributed by atoms with Gasteiger partial charge in [-0.2, -0.15) is 5.10 Å². The molecule has 0 saturated carbocycles. The topological polar surface area (TPSA) is 64.6 Å². The molecule has 0 saturated heterocycles. The van der Waals surface area contributed by atoms with E-state index in [0.717, 1.165) is 30.1 Å². The summed E-state index contributed by atoms with van der Waals surface area (Å²) >= 11 is 8.26. The second-order valence-electron chi connectivity index (χ2n) is 4.20. The summed E-state index contributed by atoms with van der Waals surface area (Å²) in [6, 6.07) is 0. The van der Waals surface area contributed by atoms with Crippen molar-refractivity contribution in [1.82, 2.24) is 19.6 Å².